The largest absolute Gasteiger partial charge is 0.423 e. The lowest BCUT2D eigenvalue weighted by Gasteiger charge is -2.25. The Morgan fingerprint density at radius 3 is 2.52 bits per heavy atom. The van der Waals surface area contributed by atoms with Crippen molar-refractivity contribution in [1.29, 1.82) is 0 Å². The summed E-state index contributed by atoms with van der Waals surface area (Å²) in [5.74, 6) is 0. The topological polar surface area (TPSA) is 45.5 Å². The predicted molar refractivity (Wildman–Crippen MR) is 111 cm³/mol. The fourth-order valence-corrected chi connectivity index (χ4v) is 3.34. The molecular formula is C23H28N2O2. The van der Waals surface area contributed by atoms with E-state index >= 15 is 0 Å². The maximum Gasteiger partial charge on any atom is 0.336 e. The second-order valence-electron chi connectivity index (χ2n) is 7.21. The lowest BCUT2D eigenvalue weighted by Crippen LogP contribution is -2.39. The highest BCUT2D eigenvalue weighted by molar-refractivity contribution is 5.80. The van der Waals surface area contributed by atoms with Crippen molar-refractivity contribution in [2.24, 2.45) is 0 Å². The molecule has 0 spiro atoms. The van der Waals surface area contributed by atoms with Crippen molar-refractivity contribution < 1.29 is 4.42 Å². The van der Waals surface area contributed by atoms with Gasteiger partial charge in [-0.3, -0.25) is 0 Å². The number of benzene rings is 2. The molecule has 3 aromatic rings. The fraction of sp³-hybridized carbons (Fsp3) is 0.348. The molecule has 0 amide bonds. The van der Waals surface area contributed by atoms with Gasteiger partial charge in [-0.1, -0.05) is 49.4 Å². The van der Waals surface area contributed by atoms with Gasteiger partial charge in [0.1, 0.15) is 5.58 Å². The summed E-state index contributed by atoms with van der Waals surface area (Å²) in [6.07, 6.45) is 1.91. The first-order chi connectivity index (χ1) is 13.1. The summed E-state index contributed by atoms with van der Waals surface area (Å²) in [7, 11) is 4.21. The van der Waals surface area contributed by atoms with Crippen LogP contribution < -0.4 is 10.9 Å². The van der Waals surface area contributed by atoms with Crippen molar-refractivity contribution in [1.82, 2.24) is 10.2 Å². The van der Waals surface area contributed by atoms with Crippen LogP contribution in [0.25, 0.3) is 11.0 Å². The molecule has 0 saturated heterocycles. The number of hydrogen-bond acceptors (Lipinski definition) is 4. The molecule has 1 atom stereocenters. The molecule has 0 aliphatic heterocycles. The average Bonchev–Trinajstić information content (AvgIpc) is 2.67. The van der Waals surface area contributed by atoms with Crippen LogP contribution in [0.3, 0.4) is 0 Å². The molecule has 142 valence electrons. The zero-order valence-corrected chi connectivity index (χ0v) is 16.4. The lowest BCUT2D eigenvalue weighted by molar-refractivity contribution is 0.281. The number of rotatable bonds is 8. The van der Waals surface area contributed by atoms with Crippen LogP contribution in [-0.4, -0.2) is 31.6 Å². The van der Waals surface area contributed by atoms with E-state index < -0.39 is 0 Å². The molecule has 4 heteroatoms. The maximum absolute atomic E-state index is 11.9. The van der Waals surface area contributed by atoms with Gasteiger partial charge in [-0.15, -0.1) is 0 Å². The van der Waals surface area contributed by atoms with Gasteiger partial charge in [0.15, 0.2) is 0 Å². The molecular weight excluding hydrogens is 336 g/mol. The molecule has 3 rings (SSSR count). The Hall–Kier alpha value is -2.43. The molecule has 0 radical (unpaired) electrons. The van der Waals surface area contributed by atoms with Crippen molar-refractivity contribution in [2.45, 2.75) is 32.4 Å². The van der Waals surface area contributed by atoms with Gasteiger partial charge in [0.2, 0.25) is 0 Å². The molecule has 1 heterocycles. The summed E-state index contributed by atoms with van der Waals surface area (Å²) in [5.41, 5.74) is 3.87. The van der Waals surface area contributed by atoms with Crippen LogP contribution in [0.2, 0.25) is 0 Å². The molecule has 0 aliphatic rings. The van der Waals surface area contributed by atoms with Crippen LogP contribution in [0, 0.1) is 0 Å². The SMILES string of the molecule is CCc1ccc2c(CNC[C@@H](Cc3ccccc3)N(C)C)cc(=O)oc2c1. The first kappa shape index (κ1) is 19.3. The van der Waals surface area contributed by atoms with Crippen molar-refractivity contribution >= 4 is 11.0 Å². The number of nitrogens with one attached hydrogen (secondary N) is 1. The molecule has 0 bridgehead atoms. The summed E-state index contributed by atoms with van der Waals surface area (Å²) in [6, 6.07) is 18.6. The molecule has 1 aromatic heterocycles. The molecule has 4 nitrogen and oxygen atoms in total. The van der Waals surface area contributed by atoms with Gasteiger partial charge in [0.25, 0.3) is 0 Å². The van der Waals surface area contributed by atoms with Gasteiger partial charge < -0.3 is 14.6 Å². The first-order valence-corrected chi connectivity index (χ1v) is 9.53. The second-order valence-corrected chi connectivity index (χ2v) is 7.21. The van der Waals surface area contributed by atoms with E-state index in [-0.39, 0.29) is 5.63 Å². The predicted octanol–water partition coefficient (Wildman–Crippen LogP) is 3.62. The first-order valence-electron chi connectivity index (χ1n) is 9.53. The third kappa shape index (κ3) is 5.06. The van der Waals surface area contributed by atoms with E-state index in [0.717, 1.165) is 30.3 Å². The van der Waals surface area contributed by atoms with Crippen molar-refractivity contribution in [3.8, 4) is 0 Å². The molecule has 1 N–H and O–H groups in total. The molecule has 0 unspecified atom stereocenters. The van der Waals surface area contributed by atoms with Gasteiger partial charge >= 0.3 is 5.63 Å². The summed E-state index contributed by atoms with van der Waals surface area (Å²) >= 11 is 0. The van der Waals surface area contributed by atoms with E-state index in [1.165, 1.54) is 11.1 Å². The Morgan fingerprint density at radius 1 is 1.04 bits per heavy atom. The van der Waals surface area contributed by atoms with Crippen molar-refractivity contribution in [3.63, 3.8) is 0 Å². The molecule has 0 fully saturated rings. The summed E-state index contributed by atoms with van der Waals surface area (Å²) in [6.45, 7) is 3.59. The average molecular weight is 364 g/mol. The smallest absolute Gasteiger partial charge is 0.336 e. The zero-order chi connectivity index (χ0) is 19.2. The molecule has 27 heavy (non-hydrogen) atoms. The monoisotopic (exact) mass is 364 g/mol. The molecule has 0 saturated carbocycles. The maximum atomic E-state index is 11.9. The quantitative estimate of drug-likeness (QED) is 0.620. The van der Waals surface area contributed by atoms with Gasteiger partial charge in [0, 0.05) is 30.6 Å². The summed E-state index contributed by atoms with van der Waals surface area (Å²) < 4.78 is 5.40. The lowest BCUT2D eigenvalue weighted by atomic mass is 10.0. The molecule has 2 aromatic carbocycles. The highest BCUT2D eigenvalue weighted by Crippen LogP contribution is 2.19. The van der Waals surface area contributed by atoms with E-state index in [4.69, 9.17) is 4.42 Å². The molecule has 0 aliphatic carbocycles. The zero-order valence-electron chi connectivity index (χ0n) is 16.4. The van der Waals surface area contributed by atoms with E-state index in [2.05, 4.69) is 67.6 Å². The van der Waals surface area contributed by atoms with Gasteiger partial charge in [-0.05, 0) is 49.7 Å². The Morgan fingerprint density at radius 2 is 1.81 bits per heavy atom. The fourth-order valence-electron chi connectivity index (χ4n) is 3.34. The summed E-state index contributed by atoms with van der Waals surface area (Å²) in [4.78, 5) is 14.2. The van der Waals surface area contributed by atoms with Crippen LogP contribution in [-0.2, 0) is 19.4 Å². The minimum Gasteiger partial charge on any atom is -0.423 e. The minimum absolute atomic E-state index is 0.291. The van der Waals surface area contributed by atoms with Crippen LogP contribution in [0.5, 0.6) is 0 Å². The standard InChI is InChI=1S/C23H28N2O2/c1-4-17-10-11-21-19(14-23(26)27-22(21)13-17)15-24-16-20(25(2)3)12-18-8-6-5-7-9-18/h5-11,13-14,20,24H,4,12,15-16H2,1-3H3/t20-/m1/s1. The second kappa shape index (κ2) is 8.98. The normalized spacial score (nSPS) is 12.6. The third-order valence-corrected chi connectivity index (χ3v) is 5.04. The number of likely N-dealkylation sites (N-methyl/N-ethyl adjacent to an activating group) is 1. The van der Waals surface area contributed by atoms with Gasteiger partial charge in [-0.2, -0.15) is 0 Å². The van der Waals surface area contributed by atoms with Crippen LogP contribution in [0.15, 0.2) is 63.8 Å². The summed E-state index contributed by atoms with van der Waals surface area (Å²) in [5, 5.41) is 4.53. The van der Waals surface area contributed by atoms with Crippen LogP contribution in [0.1, 0.15) is 23.6 Å². The van der Waals surface area contributed by atoms with Crippen LogP contribution >= 0.6 is 0 Å². The Balaban J connectivity index is 1.71. The minimum atomic E-state index is -0.291. The van der Waals surface area contributed by atoms with E-state index in [0.29, 0.717) is 18.2 Å². The van der Waals surface area contributed by atoms with Crippen molar-refractivity contribution in [2.75, 3.05) is 20.6 Å². The number of aryl methyl sites for hydroxylation is 1. The van der Waals surface area contributed by atoms with E-state index in [9.17, 15) is 4.79 Å². The van der Waals surface area contributed by atoms with Crippen LogP contribution in [0.4, 0.5) is 0 Å². The van der Waals surface area contributed by atoms with Gasteiger partial charge in [0.05, 0.1) is 0 Å². The third-order valence-electron chi connectivity index (χ3n) is 5.04. The number of nitrogens with zero attached hydrogens (tertiary/aromatic N) is 1. The van der Waals surface area contributed by atoms with E-state index in [1.54, 1.807) is 6.07 Å². The Labute approximate surface area is 160 Å². The Bertz CT molecular complexity index is 932. The van der Waals surface area contributed by atoms with Gasteiger partial charge in [-0.25, -0.2) is 4.79 Å². The van der Waals surface area contributed by atoms with E-state index in [1.807, 2.05) is 12.1 Å². The highest BCUT2D eigenvalue weighted by Gasteiger charge is 2.13. The number of fused-ring (bicyclic) bond motifs is 1. The number of hydrogen-bond donors (Lipinski definition) is 1. The van der Waals surface area contributed by atoms with Crippen molar-refractivity contribution in [3.05, 3.63) is 81.7 Å². The highest BCUT2D eigenvalue weighted by atomic mass is 16.4. The Kier molecular flexibility index (Phi) is 6.43.